The second kappa shape index (κ2) is 3.49. The van der Waals surface area contributed by atoms with Crippen LogP contribution in [0.2, 0.25) is 0 Å². The quantitative estimate of drug-likeness (QED) is 0.561. The molecule has 0 spiro atoms. The van der Waals surface area contributed by atoms with Crippen molar-refractivity contribution in [3.63, 3.8) is 0 Å². The fourth-order valence-corrected chi connectivity index (χ4v) is 2.40. The van der Waals surface area contributed by atoms with E-state index in [1.54, 1.807) is 11.6 Å². The topological polar surface area (TPSA) is 17.1 Å². The Kier molecular flexibility index (Phi) is 2.34. The normalized spacial score (nSPS) is 32.7. The van der Waals surface area contributed by atoms with E-state index in [0.717, 1.165) is 25.7 Å². The molecule has 1 unspecified atom stereocenters. The number of fused-ring (bicyclic) bond motifs is 1. The van der Waals surface area contributed by atoms with Gasteiger partial charge in [-0.3, -0.25) is 4.79 Å². The molecular weight excluding hydrogens is 160 g/mol. The number of hydrogen-bond donors (Lipinski definition) is 0. The third-order valence-electron chi connectivity index (χ3n) is 3.25. The van der Waals surface area contributed by atoms with Gasteiger partial charge in [-0.2, -0.15) is 0 Å². The summed E-state index contributed by atoms with van der Waals surface area (Å²) >= 11 is 0. The van der Waals surface area contributed by atoms with Crippen LogP contribution in [0.3, 0.4) is 0 Å². The highest BCUT2D eigenvalue weighted by molar-refractivity contribution is 5.93. The standard InChI is InChI=1S/C12H16O/c1-2-9-6-7-11-10(8-9)4-3-5-12(11)13/h3,5,8,10-11H,2,4,6-7H2,1H3/t10-,11?/m1/s1. The molecule has 1 heteroatoms. The molecule has 0 aliphatic heterocycles. The van der Waals surface area contributed by atoms with E-state index in [4.69, 9.17) is 0 Å². The van der Waals surface area contributed by atoms with Crippen LogP contribution in [0, 0.1) is 11.8 Å². The van der Waals surface area contributed by atoms with Crippen molar-refractivity contribution in [2.75, 3.05) is 0 Å². The first-order valence-corrected chi connectivity index (χ1v) is 5.21. The molecule has 0 aromatic rings. The molecule has 0 radical (unpaired) electrons. The first-order valence-electron chi connectivity index (χ1n) is 5.21. The van der Waals surface area contributed by atoms with Crippen LogP contribution >= 0.6 is 0 Å². The van der Waals surface area contributed by atoms with Gasteiger partial charge in [0.25, 0.3) is 0 Å². The van der Waals surface area contributed by atoms with Crippen LogP contribution in [0.25, 0.3) is 0 Å². The van der Waals surface area contributed by atoms with E-state index in [1.165, 1.54) is 0 Å². The van der Waals surface area contributed by atoms with E-state index < -0.39 is 0 Å². The average molecular weight is 176 g/mol. The summed E-state index contributed by atoms with van der Waals surface area (Å²) in [6, 6.07) is 0. The molecule has 0 bridgehead atoms. The summed E-state index contributed by atoms with van der Waals surface area (Å²) in [7, 11) is 0. The Hall–Kier alpha value is -0.850. The third kappa shape index (κ3) is 1.60. The summed E-state index contributed by atoms with van der Waals surface area (Å²) in [4.78, 5) is 11.5. The van der Waals surface area contributed by atoms with Crippen molar-refractivity contribution in [3.05, 3.63) is 23.8 Å². The zero-order valence-electron chi connectivity index (χ0n) is 8.12. The van der Waals surface area contributed by atoms with Crippen molar-refractivity contribution in [2.45, 2.75) is 32.6 Å². The molecule has 0 fully saturated rings. The maximum atomic E-state index is 11.5. The van der Waals surface area contributed by atoms with Crippen LogP contribution in [-0.4, -0.2) is 5.78 Å². The van der Waals surface area contributed by atoms with E-state index in [1.807, 2.05) is 6.08 Å². The molecule has 13 heavy (non-hydrogen) atoms. The molecule has 70 valence electrons. The molecule has 2 atom stereocenters. The van der Waals surface area contributed by atoms with E-state index >= 15 is 0 Å². The Labute approximate surface area is 79.5 Å². The van der Waals surface area contributed by atoms with Crippen LogP contribution in [0.1, 0.15) is 32.6 Å². The van der Waals surface area contributed by atoms with E-state index in [9.17, 15) is 4.79 Å². The Bertz CT molecular complexity index is 273. The Morgan fingerprint density at radius 1 is 1.54 bits per heavy atom. The van der Waals surface area contributed by atoms with Crippen LogP contribution in [0.4, 0.5) is 0 Å². The Balaban J connectivity index is 2.19. The van der Waals surface area contributed by atoms with Gasteiger partial charge in [0.15, 0.2) is 5.78 Å². The second-order valence-electron chi connectivity index (χ2n) is 4.03. The lowest BCUT2D eigenvalue weighted by molar-refractivity contribution is -0.120. The number of ketones is 1. The summed E-state index contributed by atoms with van der Waals surface area (Å²) in [6.45, 7) is 2.20. The minimum absolute atomic E-state index is 0.306. The fourth-order valence-electron chi connectivity index (χ4n) is 2.40. The lowest BCUT2D eigenvalue weighted by atomic mass is 9.74. The monoisotopic (exact) mass is 176 g/mol. The highest BCUT2D eigenvalue weighted by Crippen LogP contribution is 2.35. The Morgan fingerprint density at radius 2 is 2.38 bits per heavy atom. The first kappa shape index (κ1) is 8.74. The minimum Gasteiger partial charge on any atom is -0.295 e. The number of carbonyl (C=O) groups is 1. The van der Waals surface area contributed by atoms with Gasteiger partial charge in [0, 0.05) is 5.92 Å². The molecule has 0 aromatic carbocycles. The zero-order valence-corrected chi connectivity index (χ0v) is 8.12. The third-order valence-corrected chi connectivity index (χ3v) is 3.25. The maximum absolute atomic E-state index is 11.5. The molecule has 0 aromatic heterocycles. The van der Waals surface area contributed by atoms with Crippen LogP contribution in [-0.2, 0) is 4.79 Å². The van der Waals surface area contributed by atoms with Crippen molar-refractivity contribution in [1.82, 2.24) is 0 Å². The predicted molar refractivity (Wildman–Crippen MR) is 53.4 cm³/mol. The van der Waals surface area contributed by atoms with E-state index in [-0.39, 0.29) is 0 Å². The van der Waals surface area contributed by atoms with Gasteiger partial charge in [0.1, 0.15) is 0 Å². The van der Waals surface area contributed by atoms with Gasteiger partial charge in [0.2, 0.25) is 0 Å². The fraction of sp³-hybridized carbons (Fsp3) is 0.583. The van der Waals surface area contributed by atoms with E-state index in [2.05, 4.69) is 13.0 Å². The van der Waals surface area contributed by atoms with Crippen molar-refractivity contribution in [3.8, 4) is 0 Å². The molecule has 0 N–H and O–H groups in total. The molecule has 0 saturated carbocycles. The van der Waals surface area contributed by atoms with Gasteiger partial charge in [-0.15, -0.1) is 0 Å². The molecule has 2 rings (SSSR count). The van der Waals surface area contributed by atoms with Gasteiger partial charge < -0.3 is 0 Å². The summed E-state index contributed by atoms with van der Waals surface area (Å²) < 4.78 is 0. The highest BCUT2D eigenvalue weighted by atomic mass is 16.1. The molecular formula is C12H16O. The predicted octanol–water partition coefficient (Wildman–Crippen LogP) is 2.88. The largest absolute Gasteiger partial charge is 0.295 e. The van der Waals surface area contributed by atoms with Gasteiger partial charge in [-0.1, -0.05) is 24.6 Å². The minimum atomic E-state index is 0.306. The summed E-state index contributed by atoms with van der Waals surface area (Å²) in [5, 5.41) is 0. The van der Waals surface area contributed by atoms with Crippen molar-refractivity contribution >= 4 is 5.78 Å². The number of rotatable bonds is 1. The zero-order chi connectivity index (χ0) is 9.26. The van der Waals surface area contributed by atoms with Gasteiger partial charge in [-0.05, 0) is 37.7 Å². The Morgan fingerprint density at radius 3 is 3.15 bits per heavy atom. The van der Waals surface area contributed by atoms with Gasteiger partial charge in [-0.25, -0.2) is 0 Å². The number of hydrogen-bond acceptors (Lipinski definition) is 1. The lowest BCUT2D eigenvalue weighted by Gasteiger charge is -2.30. The smallest absolute Gasteiger partial charge is 0.159 e. The molecule has 0 saturated heterocycles. The average Bonchev–Trinajstić information content (AvgIpc) is 2.18. The van der Waals surface area contributed by atoms with Crippen LogP contribution < -0.4 is 0 Å². The van der Waals surface area contributed by atoms with Crippen molar-refractivity contribution in [1.29, 1.82) is 0 Å². The summed E-state index contributed by atoms with van der Waals surface area (Å²) in [5.41, 5.74) is 1.55. The molecule has 0 heterocycles. The van der Waals surface area contributed by atoms with Crippen LogP contribution in [0.15, 0.2) is 23.8 Å². The van der Waals surface area contributed by atoms with Gasteiger partial charge in [0.05, 0.1) is 0 Å². The van der Waals surface area contributed by atoms with Crippen molar-refractivity contribution < 1.29 is 4.79 Å². The summed E-state index contributed by atoms with van der Waals surface area (Å²) in [5.74, 6) is 1.17. The first-order chi connectivity index (χ1) is 6.31. The van der Waals surface area contributed by atoms with Gasteiger partial charge >= 0.3 is 0 Å². The highest BCUT2D eigenvalue weighted by Gasteiger charge is 2.30. The molecule has 0 amide bonds. The van der Waals surface area contributed by atoms with E-state index in [0.29, 0.717) is 17.6 Å². The number of carbonyl (C=O) groups excluding carboxylic acids is 1. The molecule has 2 aliphatic carbocycles. The molecule has 1 nitrogen and oxygen atoms in total. The number of allylic oxidation sites excluding steroid dienone is 4. The van der Waals surface area contributed by atoms with Crippen molar-refractivity contribution in [2.24, 2.45) is 11.8 Å². The summed E-state index contributed by atoms with van der Waals surface area (Å²) in [6.07, 6.45) is 10.6. The SMILES string of the molecule is CCC1=C[C@H]2CC=CC(=O)C2CC1. The van der Waals surface area contributed by atoms with Crippen LogP contribution in [0.5, 0.6) is 0 Å². The molecule has 2 aliphatic rings. The lowest BCUT2D eigenvalue weighted by Crippen LogP contribution is -2.27. The maximum Gasteiger partial charge on any atom is 0.159 e. The second-order valence-corrected chi connectivity index (χ2v) is 4.03.